The van der Waals surface area contributed by atoms with Crippen molar-refractivity contribution in [2.75, 3.05) is 6.54 Å². The van der Waals surface area contributed by atoms with Gasteiger partial charge in [0.1, 0.15) is 0 Å². The zero-order valence-corrected chi connectivity index (χ0v) is 8.40. The van der Waals surface area contributed by atoms with Crippen molar-refractivity contribution in [3.05, 3.63) is 24.2 Å². The van der Waals surface area contributed by atoms with Gasteiger partial charge >= 0.3 is 0 Å². The average molecular weight is 193 g/mol. The molecule has 1 fully saturated rings. The Balaban J connectivity index is 2.10. The molecular weight excluding hydrogens is 178 g/mol. The van der Waals surface area contributed by atoms with Gasteiger partial charge in [-0.15, -0.1) is 0 Å². The molecule has 1 aliphatic heterocycles. The Morgan fingerprint density at radius 1 is 1.57 bits per heavy atom. The fraction of sp³-hybridized carbons (Fsp3) is 0.545. The van der Waals surface area contributed by atoms with E-state index >= 15 is 0 Å². The van der Waals surface area contributed by atoms with Crippen LogP contribution in [0.5, 0.6) is 0 Å². The summed E-state index contributed by atoms with van der Waals surface area (Å²) in [4.78, 5) is 13.8. The zero-order valence-electron chi connectivity index (χ0n) is 8.40. The van der Waals surface area contributed by atoms with Gasteiger partial charge in [0.2, 0.25) is 0 Å². The predicted octanol–water partition coefficient (Wildman–Crippen LogP) is 2.29. The molecule has 0 N–H and O–H groups in total. The largest absolute Gasteiger partial charge is 0.459 e. The summed E-state index contributed by atoms with van der Waals surface area (Å²) in [6.45, 7) is 2.96. The first kappa shape index (κ1) is 9.31. The molecule has 2 rings (SSSR count). The number of furan rings is 1. The lowest BCUT2D eigenvalue weighted by Crippen LogP contribution is -2.41. The van der Waals surface area contributed by atoms with Gasteiger partial charge in [-0.3, -0.25) is 4.79 Å². The quantitative estimate of drug-likeness (QED) is 0.685. The van der Waals surface area contributed by atoms with Gasteiger partial charge in [0.15, 0.2) is 5.76 Å². The Morgan fingerprint density at radius 2 is 2.43 bits per heavy atom. The second kappa shape index (κ2) is 3.86. The fourth-order valence-electron chi connectivity index (χ4n) is 1.94. The third-order valence-electron chi connectivity index (χ3n) is 2.80. The number of nitrogens with zero attached hydrogens (tertiary/aromatic N) is 1. The molecule has 14 heavy (non-hydrogen) atoms. The molecule has 0 aliphatic carbocycles. The van der Waals surface area contributed by atoms with Gasteiger partial charge in [0.05, 0.1) is 6.26 Å². The van der Waals surface area contributed by atoms with Crippen LogP contribution in [0, 0.1) is 0 Å². The van der Waals surface area contributed by atoms with Crippen molar-refractivity contribution < 1.29 is 9.21 Å². The van der Waals surface area contributed by atoms with Crippen molar-refractivity contribution in [1.29, 1.82) is 0 Å². The van der Waals surface area contributed by atoms with E-state index in [0.717, 1.165) is 19.4 Å². The number of carbonyl (C=O) groups is 1. The van der Waals surface area contributed by atoms with Gasteiger partial charge in [-0.05, 0) is 38.3 Å². The summed E-state index contributed by atoms with van der Waals surface area (Å²) in [5.41, 5.74) is 0. The Hall–Kier alpha value is -1.25. The van der Waals surface area contributed by atoms with Gasteiger partial charge in [-0.25, -0.2) is 0 Å². The summed E-state index contributed by atoms with van der Waals surface area (Å²) in [5, 5.41) is 0. The van der Waals surface area contributed by atoms with E-state index in [2.05, 4.69) is 6.92 Å². The van der Waals surface area contributed by atoms with Crippen LogP contribution in [-0.4, -0.2) is 23.4 Å². The highest BCUT2D eigenvalue weighted by molar-refractivity contribution is 5.91. The molecule has 3 heteroatoms. The van der Waals surface area contributed by atoms with E-state index in [1.54, 1.807) is 18.4 Å². The summed E-state index contributed by atoms with van der Waals surface area (Å²) in [6, 6.07) is 3.83. The van der Waals surface area contributed by atoms with Gasteiger partial charge in [-0.1, -0.05) is 0 Å². The molecule has 76 valence electrons. The Morgan fingerprint density at radius 3 is 3.07 bits per heavy atom. The normalized spacial score (nSPS) is 22.4. The smallest absolute Gasteiger partial charge is 0.289 e. The molecule has 0 aromatic carbocycles. The average Bonchev–Trinajstić information content (AvgIpc) is 2.70. The molecule has 0 saturated carbocycles. The van der Waals surface area contributed by atoms with Crippen molar-refractivity contribution in [3.63, 3.8) is 0 Å². The van der Waals surface area contributed by atoms with Crippen LogP contribution in [-0.2, 0) is 0 Å². The van der Waals surface area contributed by atoms with E-state index < -0.39 is 0 Å². The lowest BCUT2D eigenvalue weighted by molar-refractivity contribution is 0.0603. The van der Waals surface area contributed by atoms with Gasteiger partial charge in [0, 0.05) is 12.6 Å². The summed E-state index contributed by atoms with van der Waals surface area (Å²) < 4.78 is 5.11. The molecule has 1 atom stereocenters. The lowest BCUT2D eigenvalue weighted by Gasteiger charge is -2.32. The maximum atomic E-state index is 11.9. The van der Waals surface area contributed by atoms with Crippen molar-refractivity contribution in [1.82, 2.24) is 4.90 Å². The Bertz CT molecular complexity index is 305. The first-order valence-electron chi connectivity index (χ1n) is 5.13. The predicted molar refractivity (Wildman–Crippen MR) is 53.1 cm³/mol. The third-order valence-corrected chi connectivity index (χ3v) is 2.80. The zero-order chi connectivity index (χ0) is 9.97. The molecule has 1 aromatic rings. The van der Waals surface area contributed by atoms with Crippen LogP contribution in [0.15, 0.2) is 22.8 Å². The van der Waals surface area contributed by atoms with E-state index in [1.165, 1.54) is 6.42 Å². The number of piperidine rings is 1. The highest BCUT2D eigenvalue weighted by Crippen LogP contribution is 2.19. The molecule has 1 unspecified atom stereocenters. The van der Waals surface area contributed by atoms with Gasteiger partial charge < -0.3 is 9.32 Å². The van der Waals surface area contributed by atoms with Crippen LogP contribution in [0.1, 0.15) is 36.7 Å². The molecule has 3 nitrogen and oxygen atoms in total. The van der Waals surface area contributed by atoms with E-state index in [1.807, 2.05) is 4.90 Å². The number of likely N-dealkylation sites (tertiary alicyclic amines) is 1. The number of hydrogen-bond donors (Lipinski definition) is 0. The van der Waals surface area contributed by atoms with Crippen LogP contribution >= 0.6 is 0 Å². The van der Waals surface area contributed by atoms with Crippen LogP contribution in [0.4, 0.5) is 0 Å². The van der Waals surface area contributed by atoms with Crippen LogP contribution in [0.3, 0.4) is 0 Å². The molecule has 1 aromatic heterocycles. The molecule has 0 bridgehead atoms. The molecular formula is C11H15NO2. The number of amides is 1. The maximum absolute atomic E-state index is 11.9. The first-order chi connectivity index (χ1) is 6.79. The van der Waals surface area contributed by atoms with Gasteiger partial charge in [-0.2, -0.15) is 0 Å². The Kier molecular flexibility index (Phi) is 2.57. The van der Waals surface area contributed by atoms with Crippen LogP contribution in [0.2, 0.25) is 0 Å². The molecule has 1 saturated heterocycles. The maximum Gasteiger partial charge on any atom is 0.289 e. The number of carbonyl (C=O) groups excluding carboxylic acids is 1. The van der Waals surface area contributed by atoms with Crippen molar-refractivity contribution in [2.45, 2.75) is 32.2 Å². The first-order valence-corrected chi connectivity index (χ1v) is 5.13. The number of rotatable bonds is 1. The highest BCUT2D eigenvalue weighted by atomic mass is 16.3. The summed E-state index contributed by atoms with van der Waals surface area (Å²) in [7, 11) is 0. The second-order valence-electron chi connectivity index (χ2n) is 3.82. The van der Waals surface area contributed by atoms with Gasteiger partial charge in [0.25, 0.3) is 5.91 Å². The molecule has 0 spiro atoms. The van der Waals surface area contributed by atoms with E-state index in [-0.39, 0.29) is 5.91 Å². The minimum Gasteiger partial charge on any atom is -0.459 e. The minimum atomic E-state index is 0.0298. The second-order valence-corrected chi connectivity index (χ2v) is 3.82. The van der Waals surface area contributed by atoms with Crippen molar-refractivity contribution in [2.24, 2.45) is 0 Å². The Labute approximate surface area is 83.7 Å². The minimum absolute atomic E-state index is 0.0298. The summed E-state index contributed by atoms with van der Waals surface area (Å²) >= 11 is 0. The highest BCUT2D eigenvalue weighted by Gasteiger charge is 2.25. The standard InChI is InChI=1S/C11H15NO2/c1-9-5-2-3-7-12(9)11(13)10-6-4-8-14-10/h4,6,8-9H,2-3,5,7H2,1H3. The monoisotopic (exact) mass is 193 g/mol. The van der Waals surface area contributed by atoms with E-state index in [4.69, 9.17) is 4.42 Å². The molecule has 2 heterocycles. The fourth-order valence-corrected chi connectivity index (χ4v) is 1.94. The van der Waals surface area contributed by atoms with Crippen LogP contribution < -0.4 is 0 Å². The third kappa shape index (κ3) is 1.67. The molecule has 1 amide bonds. The van der Waals surface area contributed by atoms with Crippen molar-refractivity contribution >= 4 is 5.91 Å². The van der Waals surface area contributed by atoms with E-state index in [9.17, 15) is 4.79 Å². The number of hydrogen-bond acceptors (Lipinski definition) is 2. The van der Waals surface area contributed by atoms with Crippen molar-refractivity contribution in [3.8, 4) is 0 Å². The molecule has 0 radical (unpaired) electrons. The summed E-state index contributed by atoms with van der Waals surface area (Å²) in [5.74, 6) is 0.487. The summed E-state index contributed by atoms with van der Waals surface area (Å²) in [6.07, 6.45) is 4.98. The topological polar surface area (TPSA) is 33.5 Å². The lowest BCUT2D eigenvalue weighted by atomic mass is 10.0. The molecule has 1 aliphatic rings. The van der Waals surface area contributed by atoms with Crippen LogP contribution in [0.25, 0.3) is 0 Å². The van der Waals surface area contributed by atoms with E-state index in [0.29, 0.717) is 11.8 Å². The SMILES string of the molecule is CC1CCCCN1C(=O)c1ccco1.